The molecule has 2 amide bonds. The predicted octanol–water partition coefficient (Wildman–Crippen LogP) is 2.33. The van der Waals surface area contributed by atoms with Crippen molar-refractivity contribution in [3.63, 3.8) is 0 Å². The highest BCUT2D eigenvalue weighted by molar-refractivity contribution is 5.94. The molecule has 0 saturated carbocycles. The van der Waals surface area contributed by atoms with Gasteiger partial charge in [-0.1, -0.05) is 30.3 Å². The van der Waals surface area contributed by atoms with Crippen molar-refractivity contribution in [2.45, 2.75) is 19.4 Å². The Morgan fingerprint density at radius 2 is 1.71 bits per heavy atom. The number of amides is 2. The second-order valence-electron chi connectivity index (χ2n) is 5.91. The van der Waals surface area contributed by atoms with Gasteiger partial charge in [0, 0.05) is 19.0 Å². The van der Waals surface area contributed by atoms with Gasteiger partial charge in [0.05, 0.1) is 5.56 Å². The number of rotatable bonds is 9. The molecule has 148 valence electrons. The number of nitrogens with one attached hydrogen (secondary N) is 2. The van der Waals surface area contributed by atoms with Crippen molar-refractivity contribution in [1.82, 2.24) is 10.6 Å². The lowest BCUT2D eigenvalue weighted by Gasteiger charge is -2.08. The Balaban J connectivity index is 1.59. The molecule has 0 saturated heterocycles. The Hall–Kier alpha value is -3.29. The van der Waals surface area contributed by atoms with E-state index in [1.165, 1.54) is 0 Å². The van der Waals surface area contributed by atoms with Gasteiger partial charge < -0.3 is 15.4 Å². The van der Waals surface area contributed by atoms with Crippen LogP contribution in [-0.4, -0.2) is 30.9 Å². The molecule has 0 unspecified atom stereocenters. The first kappa shape index (κ1) is 21.0. The molecule has 2 N–H and O–H groups in total. The first-order valence-corrected chi connectivity index (χ1v) is 8.65. The van der Waals surface area contributed by atoms with Gasteiger partial charge in [0.1, 0.15) is 24.8 Å². The summed E-state index contributed by atoms with van der Waals surface area (Å²) in [6.07, 6.45) is 0.359. The summed E-state index contributed by atoms with van der Waals surface area (Å²) in [5.74, 6) is -3.35. The molecule has 0 bridgehead atoms. The van der Waals surface area contributed by atoms with E-state index in [1.807, 2.05) is 30.3 Å². The molecular weight excluding hydrogens is 370 g/mol. The summed E-state index contributed by atoms with van der Waals surface area (Å²) in [5, 5.41) is 4.87. The van der Waals surface area contributed by atoms with Gasteiger partial charge in [-0.2, -0.15) is 0 Å². The fourth-order valence-electron chi connectivity index (χ4n) is 2.27. The maximum Gasteiger partial charge on any atom is 0.325 e. The lowest BCUT2D eigenvalue weighted by Crippen LogP contribution is -2.31. The second-order valence-corrected chi connectivity index (χ2v) is 5.91. The van der Waals surface area contributed by atoms with E-state index in [-0.39, 0.29) is 37.6 Å². The average Bonchev–Trinajstić information content (AvgIpc) is 2.68. The molecule has 2 aromatic rings. The number of carbonyl (C=O) groups is 3. The number of esters is 1. The lowest BCUT2D eigenvalue weighted by atomic mass is 10.2. The van der Waals surface area contributed by atoms with Crippen molar-refractivity contribution in [3.05, 3.63) is 71.3 Å². The summed E-state index contributed by atoms with van der Waals surface area (Å²) in [6, 6.07) is 11.8. The van der Waals surface area contributed by atoms with Gasteiger partial charge in [-0.25, -0.2) is 8.78 Å². The number of carbonyl (C=O) groups excluding carboxylic acids is 3. The minimum Gasteiger partial charge on any atom is -0.460 e. The third-order valence-electron chi connectivity index (χ3n) is 3.71. The van der Waals surface area contributed by atoms with Crippen LogP contribution in [0.2, 0.25) is 0 Å². The Morgan fingerprint density at radius 1 is 0.964 bits per heavy atom. The molecule has 0 aromatic heterocycles. The van der Waals surface area contributed by atoms with Crippen LogP contribution in [0.4, 0.5) is 8.78 Å². The van der Waals surface area contributed by atoms with E-state index in [4.69, 9.17) is 4.74 Å². The maximum absolute atomic E-state index is 13.5. The van der Waals surface area contributed by atoms with Gasteiger partial charge in [-0.3, -0.25) is 14.4 Å². The van der Waals surface area contributed by atoms with E-state index < -0.39 is 23.5 Å². The Bertz CT molecular complexity index is 828. The van der Waals surface area contributed by atoms with Crippen LogP contribution >= 0.6 is 0 Å². The Labute approximate surface area is 160 Å². The van der Waals surface area contributed by atoms with Gasteiger partial charge in [0.25, 0.3) is 5.91 Å². The highest BCUT2D eigenvalue weighted by Gasteiger charge is 2.12. The van der Waals surface area contributed by atoms with E-state index >= 15 is 0 Å². The zero-order chi connectivity index (χ0) is 20.4. The highest BCUT2D eigenvalue weighted by atomic mass is 19.1. The number of hydrogen-bond donors (Lipinski definition) is 2. The SMILES string of the molecule is O=C(CCCNC(=O)c1ccc(F)cc1F)NCC(=O)OCc1ccccc1. The fraction of sp³-hybridized carbons (Fsp3) is 0.250. The van der Waals surface area contributed by atoms with Crippen molar-refractivity contribution < 1.29 is 27.9 Å². The lowest BCUT2D eigenvalue weighted by molar-refractivity contribution is -0.145. The van der Waals surface area contributed by atoms with Crippen LogP contribution in [0, 0.1) is 11.6 Å². The minimum atomic E-state index is -0.954. The summed E-state index contributed by atoms with van der Waals surface area (Å²) < 4.78 is 31.3. The molecule has 0 aliphatic heterocycles. The summed E-state index contributed by atoms with van der Waals surface area (Å²) >= 11 is 0. The molecule has 2 rings (SSSR count). The van der Waals surface area contributed by atoms with Crippen molar-refractivity contribution in [1.29, 1.82) is 0 Å². The van der Waals surface area contributed by atoms with Gasteiger partial charge in [0.15, 0.2) is 0 Å². The largest absolute Gasteiger partial charge is 0.460 e. The molecule has 0 atom stereocenters. The summed E-state index contributed by atoms with van der Waals surface area (Å²) in [5.41, 5.74) is 0.572. The molecule has 28 heavy (non-hydrogen) atoms. The van der Waals surface area contributed by atoms with Crippen molar-refractivity contribution in [3.8, 4) is 0 Å². The molecule has 0 heterocycles. The normalized spacial score (nSPS) is 10.2. The third-order valence-corrected chi connectivity index (χ3v) is 3.71. The smallest absolute Gasteiger partial charge is 0.325 e. The average molecular weight is 390 g/mol. The summed E-state index contributed by atoms with van der Waals surface area (Å²) in [7, 11) is 0. The van der Waals surface area contributed by atoms with Crippen LogP contribution in [0.15, 0.2) is 48.5 Å². The first-order valence-electron chi connectivity index (χ1n) is 8.65. The molecule has 0 aliphatic rings. The number of halogens is 2. The van der Waals surface area contributed by atoms with E-state index in [1.54, 1.807) is 0 Å². The van der Waals surface area contributed by atoms with Gasteiger partial charge >= 0.3 is 5.97 Å². The van der Waals surface area contributed by atoms with Crippen LogP contribution in [0.1, 0.15) is 28.8 Å². The summed E-state index contributed by atoms with van der Waals surface area (Å²) in [6.45, 7) is 0.00185. The van der Waals surface area contributed by atoms with E-state index in [0.29, 0.717) is 12.5 Å². The molecular formula is C20H20F2N2O4. The first-order chi connectivity index (χ1) is 13.5. The van der Waals surface area contributed by atoms with Crippen LogP contribution in [0.3, 0.4) is 0 Å². The molecule has 0 fully saturated rings. The Morgan fingerprint density at radius 3 is 2.43 bits per heavy atom. The second kappa shape index (κ2) is 10.8. The van der Waals surface area contributed by atoms with E-state index in [9.17, 15) is 23.2 Å². The van der Waals surface area contributed by atoms with Crippen molar-refractivity contribution in [2.24, 2.45) is 0 Å². The minimum absolute atomic E-state index is 0.0676. The highest BCUT2D eigenvalue weighted by Crippen LogP contribution is 2.09. The zero-order valence-corrected chi connectivity index (χ0v) is 15.0. The Kier molecular flexibility index (Phi) is 8.08. The van der Waals surface area contributed by atoms with Crippen LogP contribution in [0.5, 0.6) is 0 Å². The topological polar surface area (TPSA) is 84.5 Å². The zero-order valence-electron chi connectivity index (χ0n) is 15.0. The van der Waals surface area contributed by atoms with Gasteiger partial charge in [-0.05, 0) is 24.1 Å². The van der Waals surface area contributed by atoms with Crippen molar-refractivity contribution in [2.75, 3.05) is 13.1 Å². The van der Waals surface area contributed by atoms with Crippen LogP contribution in [-0.2, 0) is 20.9 Å². The molecule has 2 aromatic carbocycles. The number of hydrogen-bond acceptors (Lipinski definition) is 4. The third kappa shape index (κ3) is 7.14. The monoisotopic (exact) mass is 390 g/mol. The molecule has 6 nitrogen and oxygen atoms in total. The predicted molar refractivity (Wildman–Crippen MR) is 97.2 cm³/mol. The molecule has 0 aliphatic carbocycles. The van der Waals surface area contributed by atoms with E-state index in [0.717, 1.165) is 17.7 Å². The molecule has 8 heteroatoms. The van der Waals surface area contributed by atoms with Crippen LogP contribution < -0.4 is 10.6 Å². The fourth-order valence-corrected chi connectivity index (χ4v) is 2.27. The molecule has 0 radical (unpaired) electrons. The standard InChI is InChI=1S/C20H20F2N2O4/c21-15-8-9-16(17(22)11-15)20(27)23-10-4-7-18(25)24-12-19(26)28-13-14-5-2-1-3-6-14/h1-3,5-6,8-9,11H,4,7,10,12-13H2,(H,23,27)(H,24,25). The molecule has 0 spiro atoms. The van der Waals surface area contributed by atoms with Crippen molar-refractivity contribution >= 4 is 17.8 Å². The number of ether oxygens (including phenoxy) is 1. The number of benzene rings is 2. The van der Waals surface area contributed by atoms with Crippen LogP contribution in [0.25, 0.3) is 0 Å². The quantitative estimate of drug-likeness (QED) is 0.508. The summed E-state index contributed by atoms with van der Waals surface area (Å²) in [4.78, 5) is 35.1. The van der Waals surface area contributed by atoms with Gasteiger partial charge in [-0.15, -0.1) is 0 Å². The van der Waals surface area contributed by atoms with Gasteiger partial charge in [0.2, 0.25) is 5.91 Å². The van der Waals surface area contributed by atoms with E-state index in [2.05, 4.69) is 10.6 Å². The maximum atomic E-state index is 13.5.